The predicted molar refractivity (Wildman–Crippen MR) is 106 cm³/mol. The van der Waals surface area contributed by atoms with Gasteiger partial charge in [0.2, 0.25) is 10.0 Å². The molecule has 1 atom stereocenters. The molecule has 0 saturated carbocycles. The van der Waals surface area contributed by atoms with Gasteiger partial charge in [0.1, 0.15) is 6.17 Å². The maximum Gasteiger partial charge on any atom is 0.323 e. The summed E-state index contributed by atoms with van der Waals surface area (Å²) in [6.45, 7) is 6.40. The first-order valence-corrected chi connectivity index (χ1v) is 10.5. The molecule has 0 unspecified atom stereocenters. The van der Waals surface area contributed by atoms with E-state index in [1.165, 1.54) is 4.31 Å². The Morgan fingerprint density at radius 3 is 2.26 bits per heavy atom. The van der Waals surface area contributed by atoms with Crippen LogP contribution in [0.15, 0.2) is 59.5 Å². The Labute approximate surface area is 160 Å². The van der Waals surface area contributed by atoms with Gasteiger partial charge in [0.15, 0.2) is 0 Å². The van der Waals surface area contributed by atoms with E-state index < -0.39 is 16.2 Å². The highest BCUT2D eigenvalue weighted by atomic mass is 32.2. The molecule has 1 aliphatic heterocycles. The van der Waals surface area contributed by atoms with Crippen LogP contribution in [0, 0.1) is 12.8 Å². The van der Waals surface area contributed by atoms with Crippen LogP contribution >= 0.6 is 0 Å². The Hall–Kier alpha value is -2.38. The maximum absolute atomic E-state index is 13.2. The van der Waals surface area contributed by atoms with E-state index in [4.69, 9.17) is 0 Å². The number of benzene rings is 2. The van der Waals surface area contributed by atoms with Crippen LogP contribution in [-0.4, -0.2) is 42.9 Å². The molecule has 1 heterocycles. The number of sulfonamides is 1. The lowest BCUT2D eigenvalue weighted by Gasteiger charge is -2.32. The van der Waals surface area contributed by atoms with Gasteiger partial charge in [-0.05, 0) is 37.1 Å². The van der Waals surface area contributed by atoms with E-state index >= 15 is 0 Å². The largest absolute Gasteiger partial charge is 0.323 e. The zero-order valence-electron chi connectivity index (χ0n) is 15.8. The Kier molecular flexibility index (Phi) is 5.53. The van der Waals surface area contributed by atoms with Crippen LogP contribution in [0.2, 0.25) is 0 Å². The van der Waals surface area contributed by atoms with E-state index in [0.717, 1.165) is 5.56 Å². The van der Waals surface area contributed by atoms with Crippen LogP contribution in [0.1, 0.15) is 19.4 Å². The molecule has 2 aromatic carbocycles. The fourth-order valence-corrected chi connectivity index (χ4v) is 5.08. The SMILES string of the molecule is Cc1ccc(S(=O)(=O)N2CCN(C(=O)Nc3ccccc3)[C@@H]2C(C)C)cc1. The number of carbonyl (C=O) groups excluding carboxylic acids is 1. The average Bonchev–Trinajstić information content (AvgIpc) is 3.09. The summed E-state index contributed by atoms with van der Waals surface area (Å²) in [5.41, 5.74) is 1.68. The van der Waals surface area contributed by atoms with Gasteiger partial charge in [0.05, 0.1) is 4.90 Å². The summed E-state index contributed by atoms with van der Waals surface area (Å²) in [6, 6.07) is 15.7. The number of para-hydroxylation sites is 1. The molecule has 2 aromatic rings. The molecular weight excluding hydrogens is 362 g/mol. The number of urea groups is 1. The summed E-state index contributed by atoms with van der Waals surface area (Å²) in [5.74, 6) is -0.0470. The third kappa shape index (κ3) is 3.99. The van der Waals surface area contributed by atoms with Gasteiger partial charge in [-0.2, -0.15) is 4.31 Å². The molecule has 0 spiro atoms. The number of anilines is 1. The topological polar surface area (TPSA) is 69.7 Å². The number of amides is 2. The van der Waals surface area contributed by atoms with E-state index in [0.29, 0.717) is 12.2 Å². The molecule has 1 aliphatic rings. The average molecular weight is 388 g/mol. The normalized spacial score (nSPS) is 18.1. The van der Waals surface area contributed by atoms with Crippen molar-refractivity contribution in [1.82, 2.24) is 9.21 Å². The van der Waals surface area contributed by atoms with Crippen molar-refractivity contribution in [2.75, 3.05) is 18.4 Å². The summed E-state index contributed by atoms with van der Waals surface area (Å²) < 4.78 is 27.7. The zero-order chi connectivity index (χ0) is 19.6. The summed E-state index contributed by atoms with van der Waals surface area (Å²) >= 11 is 0. The minimum absolute atomic E-state index is 0.0470. The van der Waals surface area contributed by atoms with Crippen LogP contribution in [0.25, 0.3) is 0 Å². The van der Waals surface area contributed by atoms with Gasteiger partial charge < -0.3 is 10.2 Å². The molecule has 6 nitrogen and oxygen atoms in total. The molecule has 7 heteroatoms. The van der Waals surface area contributed by atoms with Crippen LogP contribution in [0.3, 0.4) is 0 Å². The number of carbonyl (C=O) groups is 1. The van der Waals surface area contributed by atoms with E-state index in [1.54, 1.807) is 41.3 Å². The summed E-state index contributed by atoms with van der Waals surface area (Å²) in [7, 11) is -3.68. The highest BCUT2D eigenvalue weighted by molar-refractivity contribution is 7.89. The molecule has 1 fully saturated rings. The Bertz CT molecular complexity index is 896. The number of hydrogen-bond acceptors (Lipinski definition) is 3. The second-order valence-corrected chi connectivity index (χ2v) is 8.97. The van der Waals surface area contributed by atoms with Crippen LogP contribution in [-0.2, 0) is 10.0 Å². The Balaban J connectivity index is 1.85. The molecular formula is C20H25N3O3S. The number of nitrogens with one attached hydrogen (secondary N) is 1. The minimum atomic E-state index is -3.68. The second-order valence-electron chi connectivity index (χ2n) is 7.08. The van der Waals surface area contributed by atoms with Crippen LogP contribution in [0.5, 0.6) is 0 Å². The van der Waals surface area contributed by atoms with Crippen molar-refractivity contribution in [1.29, 1.82) is 0 Å². The van der Waals surface area contributed by atoms with Crippen molar-refractivity contribution in [3.8, 4) is 0 Å². The van der Waals surface area contributed by atoms with E-state index in [-0.39, 0.29) is 23.4 Å². The van der Waals surface area contributed by atoms with Crippen molar-refractivity contribution in [3.63, 3.8) is 0 Å². The number of rotatable bonds is 4. The lowest BCUT2D eigenvalue weighted by Crippen LogP contribution is -2.48. The molecule has 144 valence electrons. The van der Waals surface area contributed by atoms with E-state index in [9.17, 15) is 13.2 Å². The van der Waals surface area contributed by atoms with Gasteiger partial charge in [0.25, 0.3) is 0 Å². The zero-order valence-corrected chi connectivity index (χ0v) is 16.6. The predicted octanol–water partition coefficient (Wildman–Crippen LogP) is 3.52. The van der Waals surface area contributed by atoms with Crippen molar-refractivity contribution >= 4 is 21.7 Å². The molecule has 3 rings (SSSR count). The first-order valence-electron chi connectivity index (χ1n) is 9.02. The first kappa shape index (κ1) is 19.4. The van der Waals surface area contributed by atoms with Crippen molar-refractivity contribution < 1.29 is 13.2 Å². The van der Waals surface area contributed by atoms with Gasteiger partial charge in [0, 0.05) is 18.8 Å². The third-order valence-electron chi connectivity index (χ3n) is 4.69. The fourth-order valence-electron chi connectivity index (χ4n) is 3.37. The second kappa shape index (κ2) is 7.70. The molecule has 27 heavy (non-hydrogen) atoms. The number of nitrogens with zero attached hydrogens (tertiary/aromatic N) is 2. The molecule has 2 amide bonds. The summed E-state index contributed by atoms with van der Waals surface area (Å²) in [5, 5.41) is 2.85. The highest BCUT2D eigenvalue weighted by Crippen LogP contribution is 2.29. The molecule has 1 N–H and O–H groups in total. The molecule has 0 radical (unpaired) electrons. The van der Waals surface area contributed by atoms with Crippen molar-refractivity contribution in [2.45, 2.75) is 31.8 Å². The van der Waals surface area contributed by atoms with Gasteiger partial charge in [-0.25, -0.2) is 13.2 Å². The van der Waals surface area contributed by atoms with Gasteiger partial charge in [-0.15, -0.1) is 0 Å². The quantitative estimate of drug-likeness (QED) is 0.873. The standard InChI is InChI=1S/C20H25N3O3S/c1-15(2)19-22(20(24)21-17-7-5-4-6-8-17)13-14-23(19)27(25,26)18-11-9-16(3)10-12-18/h4-12,15,19H,13-14H2,1-3H3,(H,21,24)/t19-/m0/s1. The van der Waals surface area contributed by atoms with Crippen molar-refractivity contribution in [3.05, 3.63) is 60.2 Å². The smallest absolute Gasteiger partial charge is 0.308 e. The van der Waals surface area contributed by atoms with Crippen LogP contribution < -0.4 is 5.32 Å². The minimum Gasteiger partial charge on any atom is -0.308 e. The molecule has 1 saturated heterocycles. The van der Waals surface area contributed by atoms with Gasteiger partial charge in [-0.1, -0.05) is 49.7 Å². The van der Waals surface area contributed by atoms with E-state index in [1.807, 2.05) is 39.0 Å². The van der Waals surface area contributed by atoms with Crippen LogP contribution in [0.4, 0.5) is 10.5 Å². The van der Waals surface area contributed by atoms with Gasteiger partial charge in [-0.3, -0.25) is 0 Å². The lowest BCUT2D eigenvalue weighted by molar-refractivity contribution is 0.159. The first-order chi connectivity index (χ1) is 12.8. The Morgan fingerprint density at radius 2 is 1.67 bits per heavy atom. The van der Waals surface area contributed by atoms with E-state index in [2.05, 4.69) is 5.32 Å². The summed E-state index contributed by atoms with van der Waals surface area (Å²) in [6.07, 6.45) is -0.528. The van der Waals surface area contributed by atoms with Crippen molar-refractivity contribution in [2.24, 2.45) is 5.92 Å². The van der Waals surface area contributed by atoms with Gasteiger partial charge >= 0.3 is 6.03 Å². The number of aryl methyl sites for hydroxylation is 1. The lowest BCUT2D eigenvalue weighted by atomic mass is 10.1. The summed E-state index contributed by atoms with van der Waals surface area (Å²) in [4.78, 5) is 14.6. The number of hydrogen-bond donors (Lipinski definition) is 1. The molecule has 0 aromatic heterocycles. The Morgan fingerprint density at radius 1 is 1.04 bits per heavy atom. The molecule has 0 aliphatic carbocycles. The highest BCUT2D eigenvalue weighted by Gasteiger charge is 2.43. The maximum atomic E-state index is 13.2. The monoisotopic (exact) mass is 387 g/mol. The molecule has 0 bridgehead atoms. The fraction of sp³-hybridized carbons (Fsp3) is 0.350. The third-order valence-corrected chi connectivity index (χ3v) is 6.57.